The monoisotopic (exact) mass is 284 g/mol. The highest BCUT2D eigenvalue weighted by atomic mass is 16.5. The van der Waals surface area contributed by atoms with Crippen molar-refractivity contribution in [3.05, 3.63) is 59.7 Å². The Hall–Kier alpha value is -2.53. The van der Waals surface area contributed by atoms with Crippen molar-refractivity contribution in [1.29, 1.82) is 0 Å². The fourth-order valence-corrected chi connectivity index (χ4v) is 2.67. The van der Waals surface area contributed by atoms with Crippen LogP contribution in [-0.4, -0.2) is 16.3 Å². The number of hydrogen-bond acceptors (Lipinski definition) is 3. The number of rotatable bonds is 3. The van der Waals surface area contributed by atoms with Gasteiger partial charge in [-0.1, -0.05) is 24.3 Å². The van der Waals surface area contributed by atoms with Gasteiger partial charge in [0.1, 0.15) is 11.5 Å². The van der Waals surface area contributed by atoms with E-state index in [4.69, 9.17) is 10.5 Å². The number of aryl methyl sites for hydroxylation is 1. The Labute approximate surface area is 122 Å². The molecule has 0 saturated carbocycles. The van der Waals surface area contributed by atoms with Gasteiger partial charge in [-0.3, -0.25) is 5.21 Å². The van der Waals surface area contributed by atoms with E-state index in [0.29, 0.717) is 11.5 Å². The number of fused-ring (bicyclic) bond motifs is 1. The Balaban J connectivity index is 1.82. The average Bonchev–Trinajstić information content (AvgIpc) is 2.90. The number of nitrogens with zero attached hydrogens (tertiary/aromatic N) is 1. The van der Waals surface area contributed by atoms with Crippen molar-refractivity contribution in [2.45, 2.75) is 18.9 Å². The van der Waals surface area contributed by atoms with Crippen molar-refractivity contribution in [3.63, 3.8) is 0 Å². The maximum absolute atomic E-state index is 11.1. The molecule has 2 aromatic carbocycles. The summed E-state index contributed by atoms with van der Waals surface area (Å²) in [6.45, 7) is 0. The molecule has 0 radical (unpaired) electrons. The van der Waals surface area contributed by atoms with E-state index in [1.54, 1.807) is 0 Å². The van der Waals surface area contributed by atoms with Crippen molar-refractivity contribution in [2.75, 3.05) is 0 Å². The smallest absolute Gasteiger partial charge is 0.339 e. The number of hydrogen-bond donors (Lipinski definition) is 2. The van der Waals surface area contributed by atoms with E-state index in [9.17, 15) is 10.0 Å². The number of urea groups is 1. The van der Waals surface area contributed by atoms with Crippen molar-refractivity contribution < 1.29 is 14.7 Å². The molecular formula is C16H16N2O3. The van der Waals surface area contributed by atoms with E-state index in [0.717, 1.165) is 29.0 Å². The Kier molecular flexibility index (Phi) is 3.50. The molecule has 0 aliphatic heterocycles. The van der Waals surface area contributed by atoms with Crippen LogP contribution < -0.4 is 10.5 Å². The second kappa shape index (κ2) is 5.46. The maximum atomic E-state index is 11.1. The van der Waals surface area contributed by atoms with Gasteiger partial charge < -0.3 is 10.5 Å². The van der Waals surface area contributed by atoms with E-state index in [2.05, 4.69) is 0 Å². The van der Waals surface area contributed by atoms with E-state index in [1.165, 1.54) is 0 Å². The molecular weight excluding hydrogens is 268 g/mol. The molecule has 0 saturated heterocycles. The third-order valence-corrected chi connectivity index (χ3v) is 3.66. The van der Waals surface area contributed by atoms with Crippen molar-refractivity contribution in [1.82, 2.24) is 5.06 Å². The topological polar surface area (TPSA) is 75.8 Å². The highest BCUT2D eigenvalue weighted by Gasteiger charge is 2.29. The van der Waals surface area contributed by atoms with Gasteiger partial charge in [0.05, 0.1) is 6.04 Å². The molecule has 0 fully saturated rings. The molecule has 2 aromatic rings. The third kappa shape index (κ3) is 2.68. The Morgan fingerprint density at radius 1 is 1.19 bits per heavy atom. The van der Waals surface area contributed by atoms with Crippen LogP contribution >= 0.6 is 0 Å². The summed E-state index contributed by atoms with van der Waals surface area (Å²) in [4.78, 5) is 11.1. The summed E-state index contributed by atoms with van der Waals surface area (Å²) in [5.74, 6) is 1.51. The zero-order valence-corrected chi connectivity index (χ0v) is 11.4. The van der Waals surface area contributed by atoms with Gasteiger partial charge in [0, 0.05) is 0 Å². The third-order valence-electron chi connectivity index (χ3n) is 3.66. The predicted octanol–water partition coefficient (Wildman–Crippen LogP) is 3.24. The van der Waals surface area contributed by atoms with Crippen LogP contribution in [0.4, 0.5) is 4.79 Å². The van der Waals surface area contributed by atoms with Gasteiger partial charge in [0.25, 0.3) is 0 Å². The molecule has 5 heteroatoms. The normalized spacial score (nSPS) is 16.3. The van der Waals surface area contributed by atoms with Gasteiger partial charge in [0.2, 0.25) is 0 Å². The molecule has 1 aliphatic carbocycles. The first-order valence-corrected chi connectivity index (χ1v) is 6.78. The minimum absolute atomic E-state index is 0.372. The van der Waals surface area contributed by atoms with E-state index in [-0.39, 0.29) is 6.04 Å². The molecule has 5 nitrogen and oxygen atoms in total. The molecule has 1 atom stereocenters. The molecule has 1 aliphatic rings. The Morgan fingerprint density at radius 2 is 1.95 bits per heavy atom. The molecule has 0 spiro atoms. The lowest BCUT2D eigenvalue weighted by Crippen LogP contribution is -2.35. The van der Waals surface area contributed by atoms with Gasteiger partial charge in [-0.05, 0) is 48.2 Å². The number of hydroxylamine groups is 2. The SMILES string of the molecule is NC(=O)N(O)[C@@H]1CCc2cc(Oc3ccccc3)ccc21. The molecule has 0 aromatic heterocycles. The highest BCUT2D eigenvalue weighted by molar-refractivity contribution is 5.71. The van der Waals surface area contributed by atoms with Crippen LogP contribution in [0.1, 0.15) is 23.6 Å². The van der Waals surface area contributed by atoms with Gasteiger partial charge in [0.15, 0.2) is 0 Å². The highest BCUT2D eigenvalue weighted by Crippen LogP contribution is 2.37. The Bertz CT molecular complexity index is 658. The van der Waals surface area contributed by atoms with Crippen LogP contribution in [0, 0.1) is 0 Å². The van der Waals surface area contributed by atoms with Crippen LogP contribution in [0.3, 0.4) is 0 Å². The zero-order valence-electron chi connectivity index (χ0n) is 11.4. The van der Waals surface area contributed by atoms with Crippen molar-refractivity contribution in [2.24, 2.45) is 5.73 Å². The summed E-state index contributed by atoms with van der Waals surface area (Å²) in [5, 5.41) is 10.3. The molecule has 21 heavy (non-hydrogen) atoms. The predicted molar refractivity (Wildman–Crippen MR) is 77.2 cm³/mol. The summed E-state index contributed by atoms with van der Waals surface area (Å²) in [5.41, 5.74) is 7.09. The maximum Gasteiger partial charge on any atom is 0.339 e. The lowest BCUT2D eigenvalue weighted by Gasteiger charge is -2.20. The minimum atomic E-state index is -0.836. The number of ether oxygens (including phenoxy) is 1. The quantitative estimate of drug-likeness (QED) is 0.671. The van der Waals surface area contributed by atoms with Gasteiger partial charge in [-0.25, -0.2) is 4.79 Å². The number of carbonyl (C=O) groups is 1. The number of primary amides is 1. The first-order chi connectivity index (χ1) is 10.1. The summed E-state index contributed by atoms with van der Waals surface area (Å²) >= 11 is 0. The minimum Gasteiger partial charge on any atom is -0.457 e. The fourth-order valence-electron chi connectivity index (χ4n) is 2.67. The van der Waals surface area contributed by atoms with Crippen LogP contribution in [0.15, 0.2) is 48.5 Å². The van der Waals surface area contributed by atoms with E-state index in [1.807, 2.05) is 48.5 Å². The fraction of sp³-hybridized carbons (Fsp3) is 0.188. The molecule has 0 bridgehead atoms. The van der Waals surface area contributed by atoms with Crippen molar-refractivity contribution in [3.8, 4) is 11.5 Å². The molecule has 0 heterocycles. The average molecular weight is 284 g/mol. The number of benzene rings is 2. The number of para-hydroxylation sites is 1. The number of carbonyl (C=O) groups excluding carboxylic acids is 1. The zero-order chi connectivity index (χ0) is 14.8. The summed E-state index contributed by atoms with van der Waals surface area (Å²) in [6, 6.07) is 14.0. The standard InChI is InChI=1S/C16H16N2O3/c17-16(19)18(20)15-9-6-11-10-13(7-8-14(11)15)21-12-4-2-1-3-5-12/h1-5,7-8,10,15,20H,6,9H2,(H2,17,19)/t15-/m1/s1. The largest absolute Gasteiger partial charge is 0.457 e. The summed E-state index contributed by atoms with van der Waals surface area (Å²) in [7, 11) is 0. The van der Waals surface area contributed by atoms with Gasteiger partial charge in [-0.15, -0.1) is 0 Å². The molecule has 3 rings (SSSR count). The van der Waals surface area contributed by atoms with Crippen LogP contribution in [-0.2, 0) is 6.42 Å². The summed E-state index contributed by atoms with van der Waals surface area (Å²) in [6.07, 6.45) is 1.43. The van der Waals surface area contributed by atoms with Gasteiger partial charge in [-0.2, -0.15) is 5.06 Å². The van der Waals surface area contributed by atoms with E-state index >= 15 is 0 Å². The molecule has 3 N–H and O–H groups in total. The first kappa shape index (κ1) is 13.5. The second-order valence-corrected chi connectivity index (χ2v) is 5.01. The number of amides is 2. The molecule has 0 unspecified atom stereocenters. The van der Waals surface area contributed by atoms with Crippen LogP contribution in [0.25, 0.3) is 0 Å². The number of nitrogens with two attached hydrogens (primary N) is 1. The second-order valence-electron chi connectivity index (χ2n) is 5.01. The Morgan fingerprint density at radius 3 is 2.67 bits per heavy atom. The molecule has 108 valence electrons. The lowest BCUT2D eigenvalue weighted by molar-refractivity contribution is -0.0757. The van der Waals surface area contributed by atoms with Crippen molar-refractivity contribution >= 4 is 6.03 Å². The van der Waals surface area contributed by atoms with Crippen LogP contribution in [0.2, 0.25) is 0 Å². The van der Waals surface area contributed by atoms with Crippen LogP contribution in [0.5, 0.6) is 11.5 Å². The van der Waals surface area contributed by atoms with E-state index < -0.39 is 6.03 Å². The first-order valence-electron chi connectivity index (χ1n) is 6.78. The lowest BCUT2D eigenvalue weighted by atomic mass is 10.1. The summed E-state index contributed by atoms with van der Waals surface area (Å²) < 4.78 is 5.78. The van der Waals surface area contributed by atoms with Gasteiger partial charge >= 0.3 is 6.03 Å². The molecule has 2 amide bonds.